The Morgan fingerprint density at radius 1 is 1.23 bits per heavy atom. The van der Waals surface area contributed by atoms with E-state index < -0.39 is 0 Å². The van der Waals surface area contributed by atoms with Crippen LogP contribution >= 0.6 is 11.6 Å². The molecule has 1 N–H and O–H groups in total. The molecular formula is C24H24ClNO4. The van der Waals surface area contributed by atoms with Gasteiger partial charge in [0.1, 0.15) is 12.1 Å². The molecule has 1 saturated carbocycles. The molecule has 1 fully saturated rings. The maximum atomic E-state index is 9.01. The lowest BCUT2D eigenvalue weighted by Gasteiger charge is -2.18. The molecule has 0 aliphatic heterocycles. The first-order valence-electron chi connectivity index (χ1n) is 10.1. The summed E-state index contributed by atoms with van der Waals surface area (Å²) in [5, 5.41) is 9.53. The summed E-state index contributed by atoms with van der Waals surface area (Å²) in [4.78, 5) is 4.64. The first kappa shape index (κ1) is 20.6. The molecule has 0 radical (unpaired) electrons. The summed E-state index contributed by atoms with van der Waals surface area (Å²) in [5.74, 6) is 7.46. The first-order chi connectivity index (χ1) is 14.6. The summed E-state index contributed by atoms with van der Waals surface area (Å²) < 4.78 is 17.8. The summed E-state index contributed by atoms with van der Waals surface area (Å²) in [6, 6.07) is 9.40. The Kier molecular flexibility index (Phi) is 6.17. The fourth-order valence-electron chi connectivity index (χ4n) is 3.81. The Morgan fingerprint density at radius 2 is 2.03 bits per heavy atom. The van der Waals surface area contributed by atoms with E-state index in [2.05, 4.69) is 16.8 Å². The lowest BCUT2D eigenvalue weighted by atomic mass is 10.0. The molecule has 156 valence electrons. The zero-order valence-electron chi connectivity index (χ0n) is 17.1. The number of fused-ring (bicyclic) bond motifs is 1. The van der Waals surface area contributed by atoms with Crippen molar-refractivity contribution in [3.8, 4) is 23.3 Å². The van der Waals surface area contributed by atoms with Crippen LogP contribution < -0.4 is 9.47 Å². The van der Waals surface area contributed by atoms with Crippen LogP contribution in [0.4, 0.5) is 0 Å². The third kappa shape index (κ3) is 4.26. The average molecular weight is 426 g/mol. The zero-order chi connectivity index (χ0) is 21.1. The number of aliphatic hydroxyl groups is 1. The van der Waals surface area contributed by atoms with Crippen molar-refractivity contribution in [2.75, 3.05) is 13.7 Å². The second-order valence-corrected chi connectivity index (χ2v) is 7.91. The van der Waals surface area contributed by atoms with Gasteiger partial charge >= 0.3 is 0 Å². The van der Waals surface area contributed by atoms with E-state index in [1.807, 2.05) is 25.1 Å². The van der Waals surface area contributed by atoms with Gasteiger partial charge in [0.15, 0.2) is 17.1 Å². The average Bonchev–Trinajstić information content (AvgIpc) is 3.41. The highest BCUT2D eigenvalue weighted by molar-refractivity contribution is 6.31. The number of hydrogen-bond acceptors (Lipinski definition) is 5. The van der Waals surface area contributed by atoms with Gasteiger partial charge in [0.05, 0.1) is 24.7 Å². The quantitative estimate of drug-likeness (QED) is 0.561. The van der Waals surface area contributed by atoms with Gasteiger partial charge in [-0.3, -0.25) is 0 Å². The Morgan fingerprint density at radius 3 is 2.77 bits per heavy atom. The zero-order valence-corrected chi connectivity index (χ0v) is 17.8. The summed E-state index contributed by atoms with van der Waals surface area (Å²) in [7, 11) is 1.65. The van der Waals surface area contributed by atoms with Crippen LogP contribution in [0.1, 0.15) is 55.5 Å². The number of nitrogens with zero attached hydrogens (tertiary/aromatic N) is 1. The molecule has 0 bridgehead atoms. The largest absolute Gasteiger partial charge is 0.493 e. The van der Waals surface area contributed by atoms with E-state index >= 15 is 0 Å². The second-order valence-electron chi connectivity index (χ2n) is 7.47. The minimum Gasteiger partial charge on any atom is -0.493 e. The molecule has 4 rings (SSSR count). The minimum absolute atomic E-state index is 0.105. The Balaban J connectivity index is 1.68. The van der Waals surface area contributed by atoms with Crippen LogP contribution in [0.3, 0.4) is 0 Å². The molecule has 3 aromatic rings. The van der Waals surface area contributed by atoms with Crippen molar-refractivity contribution in [2.24, 2.45) is 0 Å². The second kappa shape index (κ2) is 8.99. The number of hydrogen-bond donors (Lipinski definition) is 1. The third-order valence-corrected chi connectivity index (χ3v) is 5.65. The first-order valence-corrected chi connectivity index (χ1v) is 10.5. The van der Waals surface area contributed by atoms with Gasteiger partial charge in [0, 0.05) is 5.02 Å². The number of methoxy groups -OCH3 is 1. The Bertz CT molecular complexity index is 1110. The van der Waals surface area contributed by atoms with Gasteiger partial charge in [-0.05, 0) is 62.4 Å². The minimum atomic E-state index is -0.235. The molecular weight excluding hydrogens is 402 g/mol. The fraction of sp³-hybridized carbons (Fsp3) is 0.375. The topological polar surface area (TPSA) is 64.7 Å². The van der Waals surface area contributed by atoms with Crippen molar-refractivity contribution in [3.63, 3.8) is 0 Å². The van der Waals surface area contributed by atoms with Crippen molar-refractivity contribution < 1.29 is 19.0 Å². The highest BCUT2D eigenvalue weighted by atomic mass is 35.5. The summed E-state index contributed by atoms with van der Waals surface area (Å²) >= 11 is 6.20. The highest BCUT2D eigenvalue weighted by Gasteiger charge is 2.22. The maximum Gasteiger partial charge on any atom is 0.202 e. The maximum absolute atomic E-state index is 9.01. The van der Waals surface area contributed by atoms with E-state index in [9.17, 15) is 0 Å². The van der Waals surface area contributed by atoms with E-state index in [-0.39, 0.29) is 18.6 Å². The molecule has 0 spiro atoms. The molecule has 1 aromatic heterocycles. The van der Waals surface area contributed by atoms with Crippen molar-refractivity contribution in [1.82, 2.24) is 4.98 Å². The van der Waals surface area contributed by atoms with Crippen LogP contribution in [0, 0.1) is 11.8 Å². The lowest BCUT2D eigenvalue weighted by molar-refractivity contribution is 0.200. The fourth-order valence-corrected chi connectivity index (χ4v) is 4.02. The van der Waals surface area contributed by atoms with E-state index in [0.29, 0.717) is 27.6 Å². The third-order valence-electron chi connectivity index (χ3n) is 5.43. The van der Waals surface area contributed by atoms with E-state index in [4.69, 9.17) is 30.6 Å². The molecule has 1 unspecified atom stereocenters. The molecule has 6 heteroatoms. The molecule has 5 nitrogen and oxygen atoms in total. The van der Waals surface area contributed by atoms with Crippen LogP contribution in [-0.4, -0.2) is 29.9 Å². The lowest BCUT2D eigenvalue weighted by Crippen LogP contribution is -2.12. The SMILES string of the molecule is COc1ccc(C(C)c2nc3cc(Cl)cc(C#CCO)c3o2)cc1OC1CCCC1. The van der Waals surface area contributed by atoms with Gasteiger partial charge in [-0.1, -0.05) is 29.5 Å². The predicted molar refractivity (Wildman–Crippen MR) is 116 cm³/mol. The molecule has 1 aliphatic rings. The molecule has 1 atom stereocenters. The van der Waals surface area contributed by atoms with Crippen LogP contribution in [0.15, 0.2) is 34.7 Å². The van der Waals surface area contributed by atoms with Gasteiger partial charge < -0.3 is 19.0 Å². The van der Waals surface area contributed by atoms with Gasteiger partial charge in [0.25, 0.3) is 0 Å². The van der Waals surface area contributed by atoms with Crippen molar-refractivity contribution in [1.29, 1.82) is 0 Å². The number of oxazole rings is 1. The van der Waals surface area contributed by atoms with E-state index in [1.54, 1.807) is 19.2 Å². The van der Waals surface area contributed by atoms with Crippen LogP contribution in [-0.2, 0) is 0 Å². The van der Waals surface area contributed by atoms with Crippen molar-refractivity contribution in [2.45, 2.75) is 44.6 Å². The summed E-state index contributed by atoms with van der Waals surface area (Å²) in [6.45, 7) is 1.80. The predicted octanol–water partition coefficient (Wildman–Crippen LogP) is 5.31. The van der Waals surface area contributed by atoms with Crippen LogP contribution in [0.2, 0.25) is 5.02 Å². The van der Waals surface area contributed by atoms with Crippen molar-refractivity contribution in [3.05, 3.63) is 52.4 Å². The van der Waals surface area contributed by atoms with Gasteiger partial charge in [-0.2, -0.15) is 0 Å². The summed E-state index contributed by atoms with van der Waals surface area (Å²) in [5.41, 5.74) is 2.84. The van der Waals surface area contributed by atoms with Crippen LogP contribution in [0.5, 0.6) is 11.5 Å². The number of rotatable bonds is 5. The number of aliphatic hydroxyl groups excluding tert-OH is 1. The smallest absolute Gasteiger partial charge is 0.202 e. The monoisotopic (exact) mass is 425 g/mol. The molecule has 1 aliphatic carbocycles. The highest BCUT2D eigenvalue weighted by Crippen LogP contribution is 2.37. The Labute approximate surface area is 181 Å². The normalized spacial score (nSPS) is 15.1. The molecule has 2 aromatic carbocycles. The number of ether oxygens (including phenoxy) is 2. The standard InChI is InChI=1S/C24H24ClNO4/c1-15(16-9-10-21(28-2)22(13-16)29-19-7-3-4-8-19)24-26-20-14-18(25)12-17(6-5-11-27)23(20)30-24/h9-10,12-15,19,27H,3-4,7-8,11H2,1-2H3. The van der Waals surface area contributed by atoms with E-state index in [1.165, 1.54) is 12.8 Å². The molecule has 0 saturated heterocycles. The Hall–Kier alpha value is -2.68. The van der Waals surface area contributed by atoms with E-state index in [0.717, 1.165) is 29.9 Å². The van der Waals surface area contributed by atoms with Gasteiger partial charge in [-0.25, -0.2) is 4.98 Å². The van der Waals surface area contributed by atoms with Crippen LogP contribution in [0.25, 0.3) is 11.1 Å². The van der Waals surface area contributed by atoms with Crippen molar-refractivity contribution >= 4 is 22.7 Å². The number of halogens is 1. The number of aromatic nitrogens is 1. The van der Waals surface area contributed by atoms with Gasteiger partial charge in [-0.15, -0.1) is 0 Å². The molecule has 1 heterocycles. The molecule has 30 heavy (non-hydrogen) atoms. The molecule has 0 amide bonds. The number of benzene rings is 2. The van der Waals surface area contributed by atoms with Gasteiger partial charge in [0.2, 0.25) is 5.89 Å². The summed E-state index contributed by atoms with van der Waals surface area (Å²) in [6.07, 6.45) is 4.80.